The molecule has 1 amide bonds. The van der Waals surface area contributed by atoms with Crippen LogP contribution in [0.25, 0.3) is 0 Å². The molecule has 3 rings (SSSR count). The predicted molar refractivity (Wildman–Crippen MR) is 108 cm³/mol. The number of hydrogen-bond donors (Lipinski definition) is 2. The second kappa shape index (κ2) is 8.36. The lowest BCUT2D eigenvalue weighted by Gasteiger charge is -2.12. The molecule has 0 radical (unpaired) electrons. The van der Waals surface area contributed by atoms with Crippen molar-refractivity contribution in [2.45, 2.75) is 20.4 Å². The van der Waals surface area contributed by atoms with Crippen LogP contribution in [0.3, 0.4) is 0 Å². The molecular weight excluding hydrogens is 338 g/mol. The van der Waals surface area contributed by atoms with Crippen LogP contribution in [0, 0.1) is 13.8 Å². The van der Waals surface area contributed by atoms with E-state index in [0.29, 0.717) is 17.9 Å². The Labute approximate surface area is 159 Å². The van der Waals surface area contributed by atoms with Crippen molar-refractivity contribution < 1.29 is 9.53 Å². The van der Waals surface area contributed by atoms with Gasteiger partial charge in [-0.1, -0.05) is 30.3 Å². The van der Waals surface area contributed by atoms with Crippen LogP contribution in [-0.2, 0) is 6.54 Å². The molecule has 0 aliphatic carbocycles. The Morgan fingerprint density at radius 3 is 2.70 bits per heavy atom. The van der Waals surface area contributed by atoms with E-state index in [1.165, 1.54) is 0 Å². The van der Waals surface area contributed by atoms with Crippen molar-refractivity contribution in [3.8, 4) is 5.75 Å². The van der Waals surface area contributed by atoms with Gasteiger partial charge in [-0.15, -0.1) is 0 Å². The van der Waals surface area contributed by atoms with Crippen molar-refractivity contribution in [3.05, 3.63) is 83.0 Å². The Balaban J connectivity index is 1.71. The topological polar surface area (TPSA) is 63.2 Å². The summed E-state index contributed by atoms with van der Waals surface area (Å²) in [6.07, 6.45) is 1.63. The standard InChI is InChI=1S/C22H23N3O2/c1-15-7-6-9-19(16(15)2)25-22(26)17-11-12-23-21(13-17)24-14-18-8-4-5-10-20(18)27-3/h4-13H,14H2,1-3H3,(H,23,24)(H,25,26). The summed E-state index contributed by atoms with van der Waals surface area (Å²) in [5.74, 6) is 1.29. The van der Waals surface area contributed by atoms with Crippen molar-refractivity contribution in [2.24, 2.45) is 0 Å². The summed E-state index contributed by atoms with van der Waals surface area (Å²) in [4.78, 5) is 16.9. The molecule has 2 N–H and O–H groups in total. The highest BCUT2D eigenvalue weighted by atomic mass is 16.5. The Hall–Kier alpha value is -3.34. The summed E-state index contributed by atoms with van der Waals surface area (Å²) < 4.78 is 5.36. The lowest BCUT2D eigenvalue weighted by Crippen LogP contribution is -2.14. The minimum absolute atomic E-state index is 0.161. The molecule has 0 atom stereocenters. The molecule has 0 saturated carbocycles. The minimum Gasteiger partial charge on any atom is -0.496 e. The fraction of sp³-hybridized carbons (Fsp3) is 0.182. The van der Waals surface area contributed by atoms with Crippen LogP contribution in [0.1, 0.15) is 27.0 Å². The van der Waals surface area contributed by atoms with E-state index >= 15 is 0 Å². The first-order chi connectivity index (χ1) is 13.1. The first kappa shape index (κ1) is 18.5. The van der Waals surface area contributed by atoms with E-state index in [1.54, 1.807) is 25.4 Å². The molecule has 2 aromatic carbocycles. The number of benzene rings is 2. The largest absolute Gasteiger partial charge is 0.496 e. The molecule has 0 fully saturated rings. The van der Waals surface area contributed by atoms with Crippen LogP contribution >= 0.6 is 0 Å². The van der Waals surface area contributed by atoms with E-state index in [0.717, 1.165) is 28.1 Å². The number of anilines is 2. The number of carbonyl (C=O) groups excluding carboxylic acids is 1. The number of aromatic nitrogens is 1. The van der Waals surface area contributed by atoms with Crippen LogP contribution in [0.5, 0.6) is 5.75 Å². The average Bonchev–Trinajstić information content (AvgIpc) is 2.70. The fourth-order valence-electron chi connectivity index (χ4n) is 2.78. The number of methoxy groups -OCH3 is 1. The molecule has 1 heterocycles. The normalized spacial score (nSPS) is 10.3. The number of para-hydroxylation sites is 1. The number of ether oxygens (including phenoxy) is 1. The molecule has 0 aliphatic rings. The monoisotopic (exact) mass is 361 g/mol. The van der Waals surface area contributed by atoms with Gasteiger partial charge in [0.05, 0.1) is 7.11 Å². The molecule has 0 spiro atoms. The molecule has 0 saturated heterocycles. The highest BCUT2D eigenvalue weighted by Gasteiger charge is 2.10. The predicted octanol–water partition coefficient (Wildman–Crippen LogP) is 4.57. The number of rotatable bonds is 6. The zero-order chi connectivity index (χ0) is 19.2. The molecule has 0 bridgehead atoms. The third-order valence-corrected chi connectivity index (χ3v) is 4.53. The summed E-state index contributed by atoms with van der Waals surface area (Å²) >= 11 is 0. The Morgan fingerprint density at radius 2 is 1.89 bits per heavy atom. The highest BCUT2D eigenvalue weighted by molar-refractivity contribution is 6.05. The Morgan fingerprint density at radius 1 is 1.07 bits per heavy atom. The minimum atomic E-state index is -0.161. The molecule has 1 aromatic heterocycles. The second-order valence-corrected chi connectivity index (χ2v) is 6.30. The van der Waals surface area contributed by atoms with Crippen LogP contribution < -0.4 is 15.4 Å². The lowest BCUT2D eigenvalue weighted by molar-refractivity contribution is 0.102. The van der Waals surface area contributed by atoms with Gasteiger partial charge in [0.25, 0.3) is 5.91 Å². The van der Waals surface area contributed by atoms with Gasteiger partial charge in [-0.25, -0.2) is 4.98 Å². The van der Waals surface area contributed by atoms with E-state index < -0.39 is 0 Å². The molecule has 3 aromatic rings. The number of hydrogen-bond acceptors (Lipinski definition) is 4. The van der Waals surface area contributed by atoms with Crippen LogP contribution in [0.4, 0.5) is 11.5 Å². The third-order valence-electron chi connectivity index (χ3n) is 4.53. The van der Waals surface area contributed by atoms with Crippen LogP contribution in [0.2, 0.25) is 0 Å². The molecule has 138 valence electrons. The summed E-state index contributed by atoms with van der Waals surface area (Å²) in [7, 11) is 1.65. The number of nitrogens with zero attached hydrogens (tertiary/aromatic N) is 1. The van der Waals surface area contributed by atoms with Crippen molar-refractivity contribution in [2.75, 3.05) is 17.7 Å². The average molecular weight is 361 g/mol. The second-order valence-electron chi connectivity index (χ2n) is 6.30. The van der Waals surface area contributed by atoms with Gasteiger partial charge in [-0.3, -0.25) is 4.79 Å². The summed E-state index contributed by atoms with van der Waals surface area (Å²) in [6.45, 7) is 4.58. The van der Waals surface area contributed by atoms with Gasteiger partial charge in [0, 0.05) is 29.6 Å². The first-order valence-electron chi connectivity index (χ1n) is 8.78. The van der Waals surface area contributed by atoms with Gasteiger partial charge in [-0.2, -0.15) is 0 Å². The molecule has 5 nitrogen and oxygen atoms in total. The van der Waals surface area contributed by atoms with E-state index in [-0.39, 0.29) is 5.91 Å². The highest BCUT2D eigenvalue weighted by Crippen LogP contribution is 2.20. The molecular formula is C22H23N3O2. The third kappa shape index (κ3) is 4.44. The summed E-state index contributed by atoms with van der Waals surface area (Å²) in [5.41, 5.74) is 4.59. The first-order valence-corrected chi connectivity index (χ1v) is 8.78. The molecule has 0 unspecified atom stereocenters. The van der Waals surface area contributed by atoms with Gasteiger partial charge in [0.1, 0.15) is 11.6 Å². The zero-order valence-electron chi connectivity index (χ0n) is 15.7. The zero-order valence-corrected chi connectivity index (χ0v) is 15.7. The van der Waals surface area contributed by atoms with E-state index in [9.17, 15) is 4.79 Å². The molecule has 0 aliphatic heterocycles. The van der Waals surface area contributed by atoms with E-state index in [1.807, 2.05) is 56.3 Å². The number of aryl methyl sites for hydroxylation is 1. The summed E-state index contributed by atoms with van der Waals surface area (Å²) in [6, 6.07) is 17.1. The van der Waals surface area contributed by atoms with Crippen molar-refractivity contribution >= 4 is 17.4 Å². The number of pyridine rings is 1. The van der Waals surface area contributed by atoms with Crippen molar-refractivity contribution in [3.63, 3.8) is 0 Å². The number of amides is 1. The van der Waals surface area contributed by atoms with Gasteiger partial charge in [0.2, 0.25) is 0 Å². The van der Waals surface area contributed by atoms with Gasteiger partial charge in [0.15, 0.2) is 0 Å². The molecule has 27 heavy (non-hydrogen) atoms. The number of nitrogens with one attached hydrogen (secondary N) is 2. The smallest absolute Gasteiger partial charge is 0.255 e. The van der Waals surface area contributed by atoms with Crippen molar-refractivity contribution in [1.29, 1.82) is 0 Å². The maximum Gasteiger partial charge on any atom is 0.255 e. The van der Waals surface area contributed by atoms with Crippen LogP contribution in [0.15, 0.2) is 60.8 Å². The maximum atomic E-state index is 12.6. The van der Waals surface area contributed by atoms with E-state index in [2.05, 4.69) is 15.6 Å². The van der Waals surface area contributed by atoms with E-state index in [4.69, 9.17) is 4.74 Å². The summed E-state index contributed by atoms with van der Waals surface area (Å²) in [5, 5.41) is 6.22. The maximum absolute atomic E-state index is 12.6. The Bertz CT molecular complexity index is 954. The van der Waals surface area contributed by atoms with Crippen LogP contribution in [-0.4, -0.2) is 18.0 Å². The lowest BCUT2D eigenvalue weighted by atomic mass is 10.1. The fourth-order valence-corrected chi connectivity index (χ4v) is 2.78. The Kier molecular flexibility index (Phi) is 5.71. The van der Waals surface area contributed by atoms with Gasteiger partial charge < -0.3 is 15.4 Å². The number of carbonyl (C=O) groups is 1. The van der Waals surface area contributed by atoms with Crippen molar-refractivity contribution in [1.82, 2.24) is 4.98 Å². The van der Waals surface area contributed by atoms with Gasteiger partial charge in [-0.05, 0) is 49.2 Å². The SMILES string of the molecule is COc1ccccc1CNc1cc(C(=O)Nc2cccc(C)c2C)ccn1. The van der Waals surface area contributed by atoms with Gasteiger partial charge >= 0.3 is 0 Å². The molecule has 5 heteroatoms. The quantitative estimate of drug-likeness (QED) is 0.675.